The standard InChI is InChI=1S/C8H8F3N/c9-4-7(12)8-5(10)2-1-3-6(8)11/h1-3,7H,4,12H2/t7-/m0/s1. The average Bonchev–Trinajstić information content (AvgIpc) is 2.03. The Kier molecular flexibility index (Phi) is 2.70. The molecule has 0 heterocycles. The van der Waals surface area contributed by atoms with Gasteiger partial charge in [0.1, 0.15) is 18.3 Å². The molecular formula is C8H8F3N. The summed E-state index contributed by atoms with van der Waals surface area (Å²) in [4.78, 5) is 0. The molecule has 0 amide bonds. The molecule has 0 fully saturated rings. The van der Waals surface area contributed by atoms with Crippen LogP contribution in [0.5, 0.6) is 0 Å². The Labute approximate surface area is 68.0 Å². The second-order valence-corrected chi connectivity index (χ2v) is 2.40. The van der Waals surface area contributed by atoms with Crippen LogP contribution < -0.4 is 5.73 Å². The third kappa shape index (κ3) is 1.58. The van der Waals surface area contributed by atoms with Crippen molar-refractivity contribution in [1.29, 1.82) is 0 Å². The van der Waals surface area contributed by atoms with E-state index in [0.717, 1.165) is 12.1 Å². The molecule has 0 unspecified atom stereocenters. The van der Waals surface area contributed by atoms with E-state index in [1.165, 1.54) is 6.07 Å². The van der Waals surface area contributed by atoms with Gasteiger partial charge in [0.05, 0.1) is 6.04 Å². The van der Waals surface area contributed by atoms with Crippen LogP contribution in [0.1, 0.15) is 11.6 Å². The summed E-state index contributed by atoms with van der Waals surface area (Å²) in [6, 6.07) is 2.09. The monoisotopic (exact) mass is 175 g/mol. The van der Waals surface area contributed by atoms with Crippen molar-refractivity contribution in [2.75, 3.05) is 6.67 Å². The predicted octanol–water partition coefficient (Wildman–Crippen LogP) is 1.93. The number of alkyl halides is 1. The fraction of sp³-hybridized carbons (Fsp3) is 0.250. The number of benzene rings is 1. The van der Waals surface area contributed by atoms with Gasteiger partial charge in [-0.25, -0.2) is 13.2 Å². The molecule has 66 valence electrons. The molecule has 0 saturated heterocycles. The molecule has 0 aromatic heterocycles. The third-order valence-corrected chi connectivity index (χ3v) is 1.54. The van der Waals surface area contributed by atoms with Crippen LogP contribution in [0.25, 0.3) is 0 Å². The number of hydrogen-bond donors (Lipinski definition) is 1. The van der Waals surface area contributed by atoms with E-state index in [-0.39, 0.29) is 5.56 Å². The first-order valence-electron chi connectivity index (χ1n) is 3.42. The summed E-state index contributed by atoms with van der Waals surface area (Å²) >= 11 is 0. The van der Waals surface area contributed by atoms with E-state index in [9.17, 15) is 13.2 Å². The summed E-state index contributed by atoms with van der Waals surface area (Å²) in [6.45, 7) is -0.974. The molecule has 0 aliphatic carbocycles. The SMILES string of the molecule is N[C@@H](CF)c1c(F)cccc1F. The minimum Gasteiger partial charge on any atom is -0.322 e. The van der Waals surface area contributed by atoms with Gasteiger partial charge < -0.3 is 5.73 Å². The fourth-order valence-corrected chi connectivity index (χ4v) is 0.942. The zero-order chi connectivity index (χ0) is 9.14. The first-order valence-corrected chi connectivity index (χ1v) is 3.42. The van der Waals surface area contributed by atoms with Gasteiger partial charge in [0, 0.05) is 5.56 Å². The molecule has 12 heavy (non-hydrogen) atoms. The van der Waals surface area contributed by atoms with E-state index in [0.29, 0.717) is 0 Å². The van der Waals surface area contributed by atoms with Crippen LogP contribution in [0.4, 0.5) is 13.2 Å². The van der Waals surface area contributed by atoms with Gasteiger partial charge in [0.25, 0.3) is 0 Å². The van der Waals surface area contributed by atoms with Gasteiger partial charge in [-0.2, -0.15) is 0 Å². The molecule has 0 saturated carbocycles. The van der Waals surface area contributed by atoms with Crippen molar-refractivity contribution in [3.63, 3.8) is 0 Å². The summed E-state index contributed by atoms with van der Waals surface area (Å²) in [5.41, 5.74) is 4.75. The van der Waals surface area contributed by atoms with E-state index in [4.69, 9.17) is 5.73 Å². The second-order valence-electron chi connectivity index (χ2n) is 2.40. The highest BCUT2D eigenvalue weighted by molar-refractivity contribution is 5.22. The first-order chi connectivity index (χ1) is 5.66. The Hall–Kier alpha value is -1.03. The van der Waals surface area contributed by atoms with Gasteiger partial charge in [-0.1, -0.05) is 6.07 Å². The van der Waals surface area contributed by atoms with Gasteiger partial charge in [-0.3, -0.25) is 0 Å². The smallest absolute Gasteiger partial charge is 0.131 e. The van der Waals surface area contributed by atoms with Crippen LogP contribution in [-0.2, 0) is 0 Å². The summed E-state index contributed by atoms with van der Waals surface area (Å²) in [5.74, 6) is -1.61. The molecule has 0 spiro atoms. The molecular weight excluding hydrogens is 167 g/mol. The molecule has 1 aromatic rings. The van der Waals surface area contributed by atoms with Gasteiger partial charge in [0.2, 0.25) is 0 Å². The maximum absolute atomic E-state index is 12.8. The summed E-state index contributed by atoms with van der Waals surface area (Å²) in [5, 5.41) is 0. The minimum absolute atomic E-state index is 0.389. The van der Waals surface area contributed by atoms with Crippen molar-refractivity contribution in [3.05, 3.63) is 35.4 Å². The summed E-state index contributed by atoms with van der Waals surface area (Å²) in [7, 11) is 0. The highest BCUT2D eigenvalue weighted by Crippen LogP contribution is 2.18. The topological polar surface area (TPSA) is 26.0 Å². The molecule has 0 aliphatic heterocycles. The van der Waals surface area contributed by atoms with Crippen molar-refractivity contribution >= 4 is 0 Å². The fourth-order valence-electron chi connectivity index (χ4n) is 0.942. The third-order valence-electron chi connectivity index (χ3n) is 1.54. The number of rotatable bonds is 2. The first kappa shape index (κ1) is 9.06. The molecule has 0 aliphatic rings. The lowest BCUT2D eigenvalue weighted by Gasteiger charge is -2.08. The Bertz CT molecular complexity index is 255. The van der Waals surface area contributed by atoms with Crippen molar-refractivity contribution in [2.45, 2.75) is 6.04 Å². The lowest BCUT2D eigenvalue weighted by atomic mass is 10.1. The van der Waals surface area contributed by atoms with Gasteiger partial charge in [-0.15, -0.1) is 0 Å². The Morgan fingerprint density at radius 1 is 1.25 bits per heavy atom. The molecule has 4 heteroatoms. The Morgan fingerprint density at radius 2 is 1.75 bits per heavy atom. The number of hydrogen-bond acceptors (Lipinski definition) is 1. The highest BCUT2D eigenvalue weighted by atomic mass is 19.1. The molecule has 1 nitrogen and oxygen atoms in total. The van der Waals surface area contributed by atoms with E-state index >= 15 is 0 Å². The van der Waals surface area contributed by atoms with Crippen LogP contribution in [0, 0.1) is 11.6 Å². The van der Waals surface area contributed by atoms with E-state index < -0.39 is 24.4 Å². The van der Waals surface area contributed by atoms with Crippen LogP contribution in [-0.4, -0.2) is 6.67 Å². The molecule has 0 bridgehead atoms. The van der Waals surface area contributed by atoms with Crippen LogP contribution in [0.2, 0.25) is 0 Å². The second kappa shape index (κ2) is 3.58. The quantitative estimate of drug-likeness (QED) is 0.730. The zero-order valence-corrected chi connectivity index (χ0v) is 6.23. The minimum atomic E-state index is -1.22. The molecule has 1 rings (SSSR count). The van der Waals surface area contributed by atoms with Crippen molar-refractivity contribution < 1.29 is 13.2 Å². The lowest BCUT2D eigenvalue weighted by molar-refractivity contribution is 0.413. The van der Waals surface area contributed by atoms with Crippen LogP contribution in [0.15, 0.2) is 18.2 Å². The predicted molar refractivity (Wildman–Crippen MR) is 39.3 cm³/mol. The van der Waals surface area contributed by atoms with Crippen molar-refractivity contribution in [1.82, 2.24) is 0 Å². The highest BCUT2D eigenvalue weighted by Gasteiger charge is 2.15. The Balaban J connectivity index is 3.12. The normalized spacial score (nSPS) is 13.0. The summed E-state index contributed by atoms with van der Waals surface area (Å²) in [6.07, 6.45) is 0. The molecule has 1 aromatic carbocycles. The number of nitrogens with two attached hydrogens (primary N) is 1. The van der Waals surface area contributed by atoms with Gasteiger partial charge in [-0.05, 0) is 12.1 Å². The van der Waals surface area contributed by atoms with Crippen LogP contribution in [0.3, 0.4) is 0 Å². The maximum Gasteiger partial charge on any atom is 0.131 e. The van der Waals surface area contributed by atoms with Gasteiger partial charge in [0.15, 0.2) is 0 Å². The Morgan fingerprint density at radius 3 is 2.17 bits per heavy atom. The van der Waals surface area contributed by atoms with Crippen molar-refractivity contribution in [2.24, 2.45) is 5.73 Å². The molecule has 0 radical (unpaired) electrons. The van der Waals surface area contributed by atoms with E-state index in [1.54, 1.807) is 0 Å². The lowest BCUT2D eigenvalue weighted by Crippen LogP contribution is -2.15. The zero-order valence-electron chi connectivity index (χ0n) is 6.23. The van der Waals surface area contributed by atoms with Crippen molar-refractivity contribution in [3.8, 4) is 0 Å². The maximum atomic E-state index is 12.8. The van der Waals surface area contributed by atoms with E-state index in [1.807, 2.05) is 0 Å². The number of halogens is 3. The van der Waals surface area contributed by atoms with Crippen LogP contribution >= 0.6 is 0 Å². The summed E-state index contributed by atoms with van der Waals surface area (Å²) < 4.78 is 37.6. The largest absolute Gasteiger partial charge is 0.322 e. The molecule has 2 N–H and O–H groups in total. The average molecular weight is 175 g/mol. The van der Waals surface area contributed by atoms with E-state index in [2.05, 4.69) is 0 Å². The van der Waals surface area contributed by atoms with Gasteiger partial charge >= 0.3 is 0 Å². The molecule has 1 atom stereocenters.